The maximum atomic E-state index is 11.7. The second-order valence-corrected chi connectivity index (χ2v) is 6.45. The van der Waals surface area contributed by atoms with Gasteiger partial charge in [0.1, 0.15) is 5.76 Å². The highest BCUT2D eigenvalue weighted by molar-refractivity contribution is 7.92. The van der Waals surface area contributed by atoms with E-state index in [1.165, 1.54) is 24.1 Å². The topological polar surface area (TPSA) is 103 Å². The van der Waals surface area contributed by atoms with Crippen LogP contribution in [0, 0.1) is 0 Å². The summed E-state index contributed by atoms with van der Waals surface area (Å²) in [6.45, 7) is 2.06. The number of rotatable bonds is 7. The molecule has 1 N–H and O–H groups in total. The average Bonchev–Trinajstić information content (AvgIpc) is 3.07. The van der Waals surface area contributed by atoms with Crippen molar-refractivity contribution in [2.24, 2.45) is 0 Å². The molecule has 2 rings (SSSR count). The molecule has 9 heteroatoms. The Balaban J connectivity index is 2.03. The highest BCUT2D eigenvalue weighted by Gasteiger charge is 2.13. The molecule has 2 aromatic heterocycles. The number of carbonyl (C=O) groups excluding carboxylic acids is 1. The smallest absolute Gasteiger partial charge is 0.373 e. The van der Waals surface area contributed by atoms with Crippen LogP contribution >= 0.6 is 0 Å². The fourth-order valence-electron chi connectivity index (χ4n) is 1.83. The highest BCUT2D eigenvalue weighted by atomic mass is 32.2. The zero-order valence-corrected chi connectivity index (χ0v) is 13.1. The minimum Gasteiger partial charge on any atom is -0.463 e. The molecule has 0 saturated carbocycles. The van der Waals surface area contributed by atoms with Crippen LogP contribution in [0.4, 0.5) is 5.69 Å². The third-order valence-corrected chi connectivity index (χ3v) is 4.24. The summed E-state index contributed by atoms with van der Waals surface area (Å²) >= 11 is 0. The Labute approximate surface area is 128 Å². The lowest BCUT2D eigenvalue weighted by atomic mass is 10.4. The highest BCUT2D eigenvalue weighted by Crippen LogP contribution is 2.13. The molecular formula is C13H17N3O5S. The molecular weight excluding hydrogens is 310 g/mol. The number of furan rings is 1. The zero-order valence-electron chi connectivity index (χ0n) is 12.3. The van der Waals surface area contributed by atoms with Gasteiger partial charge in [-0.25, -0.2) is 13.2 Å². The van der Waals surface area contributed by atoms with Crippen molar-refractivity contribution < 1.29 is 22.4 Å². The molecule has 0 saturated heterocycles. The summed E-state index contributed by atoms with van der Waals surface area (Å²) in [5.74, 6) is 0.110. The van der Waals surface area contributed by atoms with E-state index in [2.05, 4.69) is 14.6 Å². The predicted octanol–water partition coefficient (Wildman–Crippen LogP) is 1.46. The van der Waals surface area contributed by atoms with Gasteiger partial charge < -0.3 is 9.15 Å². The number of sulfonamides is 1. The molecule has 0 radical (unpaired) electrons. The van der Waals surface area contributed by atoms with E-state index in [4.69, 9.17) is 4.42 Å². The van der Waals surface area contributed by atoms with Crippen LogP contribution < -0.4 is 4.72 Å². The van der Waals surface area contributed by atoms with E-state index in [1.807, 2.05) is 0 Å². The Bertz CT molecular complexity index is 747. The number of methoxy groups -OCH3 is 1. The summed E-state index contributed by atoms with van der Waals surface area (Å²) in [5, 5.41) is 4.04. The van der Waals surface area contributed by atoms with Crippen molar-refractivity contribution in [3.63, 3.8) is 0 Å². The fraction of sp³-hybridized carbons (Fsp3) is 0.385. The molecule has 8 nitrogen and oxygen atoms in total. The summed E-state index contributed by atoms with van der Waals surface area (Å²) < 4.78 is 37.1. The number of esters is 1. The van der Waals surface area contributed by atoms with E-state index in [-0.39, 0.29) is 18.1 Å². The van der Waals surface area contributed by atoms with Gasteiger partial charge >= 0.3 is 5.97 Å². The molecule has 2 heterocycles. The number of anilines is 1. The summed E-state index contributed by atoms with van der Waals surface area (Å²) in [6, 6.07) is 3.14. The van der Waals surface area contributed by atoms with E-state index >= 15 is 0 Å². The van der Waals surface area contributed by atoms with Crippen molar-refractivity contribution in [3.05, 3.63) is 36.0 Å². The summed E-state index contributed by atoms with van der Waals surface area (Å²) in [6.07, 6.45) is 3.50. The lowest BCUT2D eigenvalue weighted by molar-refractivity contribution is 0.0562. The average molecular weight is 327 g/mol. The van der Waals surface area contributed by atoms with Crippen LogP contribution in [-0.2, 0) is 21.3 Å². The Morgan fingerprint density at radius 3 is 2.91 bits per heavy atom. The molecule has 22 heavy (non-hydrogen) atoms. The first-order chi connectivity index (χ1) is 10.4. The van der Waals surface area contributed by atoms with Gasteiger partial charge in [-0.15, -0.1) is 0 Å². The molecule has 0 unspecified atom stereocenters. The maximum Gasteiger partial charge on any atom is 0.373 e. The van der Waals surface area contributed by atoms with E-state index in [0.717, 1.165) is 0 Å². The molecule has 0 amide bonds. The van der Waals surface area contributed by atoms with Gasteiger partial charge in [0.05, 0.1) is 31.3 Å². The van der Waals surface area contributed by atoms with E-state index in [0.29, 0.717) is 17.9 Å². The minimum atomic E-state index is -3.34. The first-order valence-corrected chi connectivity index (χ1v) is 8.28. The number of carbonyl (C=O) groups is 1. The Hall–Kier alpha value is -2.29. The van der Waals surface area contributed by atoms with Crippen LogP contribution in [0.25, 0.3) is 0 Å². The SMILES string of the molecule is CCCS(=O)(=O)Nc1cnn(Cc2ccc(C(=O)OC)o2)c1. The molecule has 0 spiro atoms. The molecule has 0 fully saturated rings. The minimum absolute atomic E-state index is 0.0544. The molecule has 0 aliphatic carbocycles. The third kappa shape index (κ3) is 4.10. The van der Waals surface area contributed by atoms with E-state index in [1.54, 1.807) is 19.2 Å². The number of aromatic nitrogens is 2. The van der Waals surface area contributed by atoms with E-state index < -0.39 is 16.0 Å². The van der Waals surface area contributed by atoms with Gasteiger partial charge in [0.25, 0.3) is 0 Å². The molecule has 0 aliphatic heterocycles. The molecule has 2 aromatic rings. The van der Waals surface area contributed by atoms with Crippen molar-refractivity contribution in [2.45, 2.75) is 19.9 Å². The van der Waals surface area contributed by atoms with Gasteiger partial charge in [-0.3, -0.25) is 9.40 Å². The lowest BCUT2D eigenvalue weighted by Crippen LogP contribution is -2.15. The molecule has 0 atom stereocenters. The van der Waals surface area contributed by atoms with Crippen LogP contribution in [0.5, 0.6) is 0 Å². The number of hydrogen-bond donors (Lipinski definition) is 1. The van der Waals surface area contributed by atoms with E-state index in [9.17, 15) is 13.2 Å². The van der Waals surface area contributed by atoms with Crippen LogP contribution in [0.15, 0.2) is 28.9 Å². The molecule has 0 aromatic carbocycles. The second kappa shape index (κ2) is 6.65. The number of nitrogens with one attached hydrogen (secondary N) is 1. The van der Waals surface area contributed by atoms with Gasteiger partial charge in [0, 0.05) is 6.20 Å². The Kier molecular flexibility index (Phi) is 4.86. The third-order valence-electron chi connectivity index (χ3n) is 2.75. The summed E-state index contributed by atoms with van der Waals surface area (Å²) in [4.78, 5) is 11.3. The van der Waals surface area contributed by atoms with Gasteiger partial charge in [0.2, 0.25) is 15.8 Å². The zero-order chi connectivity index (χ0) is 16.2. The standard InChI is InChI=1S/C13H17N3O5S/c1-3-6-22(18,19)15-10-7-14-16(8-10)9-11-4-5-12(21-11)13(17)20-2/h4-5,7-8,15H,3,6,9H2,1-2H3. The van der Waals surface area contributed by atoms with Crippen LogP contribution in [0.3, 0.4) is 0 Å². The quantitative estimate of drug-likeness (QED) is 0.772. The molecule has 0 aliphatic rings. The van der Waals surface area contributed by atoms with Gasteiger partial charge in [0.15, 0.2) is 0 Å². The van der Waals surface area contributed by atoms with Crippen molar-refractivity contribution in [1.82, 2.24) is 9.78 Å². The number of nitrogens with zero attached hydrogens (tertiary/aromatic N) is 2. The predicted molar refractivity (Wildman–Crippen MR) is 79.1 cm³/mol. The molecule has 0 bridgehead atoms. The first kappa shape index (κ1) is 16.1. The maximum absolute atomic E-state index is 11.7. The first-order valence-electron chi connectivity index (χ1n) is 6.63. The van der Waals surface area contributed by atoms with Gasteiger partial charge in [-0.05, 0) is 18.6 Å². The van der Waals surface area contributed by atoms with Gasteiger partial charge in [-0.1, -0.05) is 6.92 Å². The monoisotopic (exact) mass is 327 g/mol. The Morgan fingerprint density at radius 1 is 1.45 bits per heavy atom. The normalized spacial score (nSPS) is 11.4. The second-order valence-electron chi connectivity index (χ2n) is 4.61. The van der Waals surface area contributed by atoms with Crippen molar-refractivity contribution in [2.75, 3.05) is 17.6 Å². The fourth-order valence-corrected chi connectivity index (χ4v) is 2.94. The van der Waals surface area contributed by atoms with Crippen LogP contribution in [0.1, 0.15) is 29.7 Å². The Morgan fingerprint density at radius 2 is 2.23 bits per heavy atom. The number of hydrogen-bond acceptors (Lipinski definition) is 6. The molecule has 120 valence electrons. The lowest BCUT2D eigenvalue weighted by Gasteiger charge is -2.03. The van der Waals surface area contributed by atoms with Crippen molar-refractivity contribution in [3.8, 4) is 0 Å². The number of ether oxygens (including phenoxy) is 1. The largest absolute Gasteiger partial charge is 0.463 e. The van der Waals surface area contributed by atoms with Gasteiger partial charge in [-0.2, -0.15) is 5.10 Å². The summed E-state index contributed by atoms with van der Waals surface area (Å²) in [5.41, 5.74) is 0.383. The summed E-state index contributed by atoms with van der Waals surface area (Å²) in [7, 11) is -2.07. The van der Waals surface area contributed by atoms with Crippen LogP contribution in [-0.4, -0.2) is 37.0 Å². The van der Waals surface area contributed by atoms with Crippen molar-refractivity contribution in [1.29, 1.82) is 0 Å². The van der Waals surface area contributed by atoms with Crippen molar-refractivity contribution >= 4 is 21.7 Å². The van der Waals surface area contributed by atoms with Crippen LogP contribution in [0.2, 0.25) is 0 Å².